The molecule has 0 bridgehead atoms. The summed E-state index contributed by atoms with van der Waals surface area (Å²) < 4.78 is 0. The Morgan fingerprint density at radius 1 is 1.13 bits per heavy atom. The van der Waals surface area contributed by atoms with Gasteiger partial charge in [-0.3, -0.25) is 4.79 Å². The van der Waals surface area contributed by atoms with Gasteiger partial charge in [0.15, 0.2) is 0 Å². The maximum absolute atomic E-state index is 12.7. The molecule has 1 amide bonds. The highest BCUT2D eigenvalue weighted by Crippen LogP contribution is 2.26. The van der Waals surface area contributed by atoms with Gasteiger partial charge in [0.2, 0.25) is 0 Å². The molecule has 1 fully saturated rings. The van der Waals surface area contributed by atoms with Crippen molar-refractivity contribution in [2.75, 3.05) is 30.3 Å². The van der Waals surface area contributed by atoms with Crippen LogP contribution in [0.3, 0.4) is 0 Å². The average Bonchev–Trinajstić information content (AvgIpc) is 2.73. The highest BCUT2D eigenvalue weighted by atomic mass is 16.4. The number of benzene rings is 2. The van der Waals surface area contributed by atoms with Crippen LogP contribution >= 0.6 is 0 Å². The number of likely N-dealkylation sites (tertiary alicyclic amines) is 1. The lowest BCUT2D eigenvalue weighted by Crippen LogP contribution is -2.42. The number of carboxylic acids is 1. The molecular formula is C25H33N3O3. The van der Waals surface area contributed by atoms with Gasteiger partial charge in [0.1, 0.15) is 0 Å². The average molecular weight is 424 g/mol. The SMILES string of the molecule is CCN1CCCC(Nc2cc(NC(=O)c3ccc(C(C)(C)C)cc3)ccc2C(=O)O)C1. The molecule has 31 heavy (non-hydrogen) atoms. The van der Waals surface area contributed by atoms with E-state index >= 15 is 0 Å². The minimum atomic E-state index is -0.985. The smallest absolute Gasteiger partial charge is 0.337 e. The van der Waals surface area contributed by atoms with E-state index in [1.807, 2.05) is 24.3 Å². The monoisotopic (exact) mass is 423 g/mol. The first-order chi connectivity index (χ1) is 14.7. The number of nitrogens with zero attached hydrogens (tertiary/aromatic N) is 1. The van der Waals surface area contributed by atoms with Gasteiger partial charge < -0.3 is 20.6 Å². The van der Waals surface area contributed by atoms with Crippen LogP contribution in [0.15, 0.2) is 42.5 Å². The summed E-state index contributed by atoms with van der Waals surface area (Å²) in [6.45, 7) is 11.5. The fraction of sp³-hybridized carbons (Fsp3) is 0.440. The molecule has 3 rings (SSSR count). The Morgan fingerprint density at radius 2 is 1.84 bits per heavy atom. The zero-order valence-electron chi connectivity index (χ0n) is 18.9. The van der Waals surface area contributed by atoms with Gasteiger partial charge in [-0.15, -0.1) is 0 Å². The summed E-state index contributed by atoms with van der Waals surface area (Å²) in [5, 5.41) is 15.9. The zero-order valence-corrected chi connectivity index (χ0v) is 18.9. The quantitative estimate of drug-likeness (QED) is 0.620. The van der Waals surface area contributed by atoms with Gasteiger partial charge in [0.05, 0.1) is 11.3 Å². The first kappa shape index (κ1) is 22.8. The molecule has 166 valence electrons. The molecule has 1 aliphatic rings. The molecule has 3 N–H and O–H groups in total. The van der Waals surface area contributed by atoms with Crippen molar-refractivity contribution in [1.82, 2.24) is 4.90 Å². The largest absolute Gasteiger partial charge is 0.478 e. The normalized spacial score (nSPS) is 17.2. The van der Waals surface area contributed by atoms with Crippen LogP contribution in [0.2, 0.25) is 0 Å². The molecule has 0 aromatic heterocycles. The van der Waals surface area contributed by atoms with Gasteiger partial charge in [-0.25, -0.2) is 4.79 Å². The Balaban J connectivity index is 1.76. The zero-order chi connectivity index (χ0) is 22.6. The van der Waals surface area contributed by atoms with E-state index in [4.69, 9.17) is 0 Å². The van der Waals surface area contributed by atoms with E-state index in [1.165, 1.54) is 0 Å². The molecule has 6 nitrogen and oxygen atoms in total. The molecule has 1 heterocycles. The fourth-order valence-electron chi connectivity index (χ4n) is 3.93. The summed E-state index contributed by atoms with van der Waals surface area (Å²) in [5.74, 6) is -1.20. The van der Waals surface area contributed by atoms with Crippen molar-refractivity contribution in [3.8, 4) is 0 Å². The number of carboxylic acid groups (broad SMARTS) is 1. The summed E-state index contributed by atoms with van der Waals surface area (Å²) in [5.41, 5.74) is 3.07. The van der Waals surface area contributed by atoms with Gasteiger partial charge in [-0.05, 0) is 67.2 Å². The van der Waals surface area contributed by atoms with Crippen LogP contribution < -0.4 is 10.6 Å². The molecule has 1 aliphatic heterocycles. The molecule has 6 heteroatoms. The van der Waals surface area contributed by atoms with Gasteiger partial charge in [0.25, 0.3) is 5.91 Å². The number of anilines is 2. The standard InChI is InChI=1S/C25H33N3O3/c1-5-28-14-6-7-20(16-28)26-22-15-19(12-13-21(22)24(30)31)27-23(29)17-8-10-18(11-9-17)25(2,3)4/h8-13,15,20,26H,5-7,14,16H2,1-4H3,(H,27,29)(H,30,31). The van der Waals surface area contributed by atoms with Crippen LogP contribution in [0.5, 0.6) is 0 Å². The second-order valence-corrected chi connectivity index (χ2v) is 9.22. The lowest BCUT2D eigenvalue weighted by molar-refractivity contribution is 0.0697. The minimum absolute atomic E-state index is 0.0225. The van der Waals surface area contributed by atoms with Crippen LogP contribution in [-0.4, -0.2) is 47.6 Å². The third kappa shape index (κ3) is 5.85. The first-order valence-corrected chi connectivity index (χ1v) is 11.0. The summed E-state index contributed by atoms with van der Waals surface area (Å²) in [6, 6.07) is 12.7. The Bertz CT molecular complexity index is 932. The number of amides is 1. The van der Waals surface area contributed by atoms with Crippen molar-refractivity contribution in [1.29, 1.82) is 0 Å². The van der Waals surface area contributed by atoms with Crippen LogP contribution in [0.1, 0.15) is 66.8 Å². The molecule has 1 unspecified atom stereocenters. The van der Waals surface area contributed by atoms with Gasteiger partial charge in [-0.1, -0.05) is 39.8 Å². The van der Waals surface area contributed by atoms with Crippen molar-refractivity contribution in [2.45, 2.75) is 52.0 Å². The predicted octanol–water partition coefficient (Wildman–Crippen LogP) is 4.83. The van der Waals surface area contributed by atoms with Crippen molar-refractivity contribution in [3.05, 3.63) is 59.2 Å². The summed E-state index contributed by atoms with van der Waals surface area (Å²) >= 11 is 0. The molecule has 0 saturated carbocycles. The second-order valence-electron chi connectivity index (χ2n) is 9.22. The van der Waals surface area contributed by atoms with E-state index in [-0.39, 0.29) is 22.9 Å². The van der Waals surface area contributed by atoms with Crippen molar-refractivity contribution >= 4 is 23.3 Å². The highest BCUT2D eigenvalue weighted by Gasteiger charge is 2.21. The Labute approximate surface area is 184 Å². The maximum atomic E-state index is 12.7. The summed E-state index contributed by atoms with van der Waals surface area (Å²) in [6.07, 6.45) is 2.07. The number of carbonyl (C=O) groups is 2. The summed E-state index contributed by atoms with van der Waals surface area (Å²) in [7, 11) is 0. The van der Waals surface area contributed by atoms with Gasteiger partial charge >= 0.3 is 5.97 Å². The molecular weight excluding hydrogens is 390 g/mol. The van der Waals surface area contributed by atoms with E-state index in [1.54, 1.807) is 18.2 Å². The molecule has 1 saturated heterocycles. The van der Waals surface area contributed by atoms with Crippen LogP contribution in [0.4, 0.5) is 11.4 Å². The lowest BCUT2D eigenvalue weighted by atomic mass is 9.87. The van der Waals surface area contributed by atoms with E-state index in [0.717, 1.165) is 38.0 Å². The van der Waals surface area contributed by atoms with E-state index in [9.17, 15) is 14.7 Å². The van der Waals surface area contributed by atoms with Crippen molar-refractivity contribution < 1.29 is 14.7 Å². The van der Waals surface area contributed by atoms with Crippen molar-refractivity contribution in [2.24, 2.45) is 0 Å². The van der Waals surface area contributed by atoms with Gasteiger partial charge in [-0.2, -0.15) is 0 Å². The predicted molar refractivity (Wildman–Crippen MR) is 125 cm³/mol. The molecule has 1 atom stereocenters. The second kappa shape index (κ2) is 9.52. The van der Waals surface area contributed by atoms with E-state index in [0.29, 0.717) is 16.9 Å². The number of rotatable bonds is 6. The molecule has 2 aromatic rings. The first-order valence-electron chi connectivity index (χ1n) is 11.0. The third-order valence-corrected chi connectivity index (χ3v) is 5.83. The van der Waals surface area contributed by atoms with Crippen LogP contribution in [0.25, 0.3) is 0 Å². The lowest BCUT2D eigenvalue weighted by Gasteiger charge is -2.33. The molecule has 0 radical (unpaired) electrons. The van der Waals surface area contributed by atoms with Crippen LogP contribution in [-0.2, 0) is 5.41 Å². The number of piperidine rings is 1. The minimum Gasteiger partial charge on any atom is -0.478 e. The van der Waals surface area contributed by atoms with E-state index in [2.05, 4.69) is 43.2 Å². The highest BCUT2D eigenvalue weighted by molar-refractivity contribution is 6.05. The molecule has 0 aliphatic carbocycles. The maximum Gasteiger partial charge on any atom is 0.337 e. The third-order valence-electron chi connectivity index (χ3n) is 5.83. The fourth-order valence-corrected chi connectivity index (χ4v) is 3.93. The number of carbonyl (C=O) groups excluding carboxylic acids is 1. The topological polar surface area (TPSA) is 81.7 Å². The Kier molecular flexibility index (Phi) is 7.01. The van der Waals surface area contributed by atoms with Crippen molar-refractivity contribution in [3.63, 3.8) is 0 Å². The molecule has 0 spiro atoms. The number of nitrogens with one attached hydrogen (secondary N) is 2. The Hall–Kier alpha value is -2.86. The number of aromatic carboxylic acids is 1. The number of likely N-dealkylation sites (N-methyl/N-ethyl adjacent to an activating group) is 1. The number of hydrogen-bond donors (Lipinski definition) is 3. The van der Waals surface area contributed by atoms with E-state index < -0.39 is 5.97 Å². The number of hydrogen-bond acceptors (Lipinski definition) is 4. The molecule has 2 aromatic carbocycles. The Morgan fingerprint density at radius 3 is 2.45 bits per heavy atom. The van der Waals surface area contributed by atoms with Crippen LogP contribution in [0, 0.1) is 0 Å². The van der Waals surface area contributed by atoms with Gasteiger partial charge in [0, 0.05) is 23.8 Å². The summed E-state index contributed by atoms with van der Waals surface area (Å²) in [4.78, 5) is 26.8.